The minimum Gasteiger partial charge on any atom is -0.396 e. The fraction of sp³-hybridized carbons (Fsp3) is 0.900. The topological polar surface area (TPSA) is 56.1 Å². The quantitative estimate of drug-likeness (QED) is 0.673. The van der Waals surface area contributed by atoms with Crippen LogP contribution < -0.4 is 0 Å². The Morgan fingerprint density at radius 1 is 1.47 bits per heavy atom. The highest BCUT2D eigenvalue weighted by Gasteiger charge is 2.41. The molecule has 0 amide bonds. The van der Waals surface area contributed by atoms with E-state index in [0.29, 0.717) is 11.7 Å². The van der Waals surface area contributed by atoms with E-state index in [-0.39, 0.29) is 24.7 Å². The second-order valence-corrected chi connectivity index (χ2v) is 5.75. The van der Waals surface area contributed by atoms with Crippen LogP contribution in [0.4, 0.5) is 0 Å². The van der Waals surface area contributed by atoms with Crippen LogP contribution in [0.25, 0.3) is 0 Å². The Bertz CT molecular complexity index is 270. The van der Waals surface area contributed by atoms with Crippen molar-refractivity contribution >= 4 is 16.9 Å². The maximum absolute atomic E-state index is 9.93. The second-order valence-electron chi connectivity index (χ2n) is 4.54. The molecule has 2 aliphatic rings. The lowest BCUT2D eigenvalue weighted by Crippen LogP contribution is -2.40. The zero-order valence-electron chi connectivity index (χ0n) is 9.13. The highest BCUT2D eigenvalue weighted by Crippen LogP contribution is 2.39. The van der Waals surface area contributed by atoms with Gasteiger partial charge in [-0.25, -0.2) is 0 Å². The van der Waals surface area contributed by atoms with Crippen molar-refractivity contribution in [2.75, 3.05) is 20.7 Å². The molecule has 0 saturated heterocycles. The Balaban J connectivity index is 2.07. The van der Waals surface area contributed by atoms with Crippen molar-refractivity contribution in [1.29, 1.82) is 0 Å². The van der Waals surface area contributed by atoms with Crippen molar-refractivity contribution in [3.05, 3.63) is 0 Å². The van der Waals surface area contributed by atoms with Crippen LogP contribution in [0.1, 0.15) is 12.8 Å². The third-order valence-electron chi connectivity index (χ3n) is 3.07. The molecule has 1 aliphatic heterocycles. The number of aliphatic imine (C=N–C) groups is 1. The average Bonchev–Trinajstić information content (AvgIpc) is 2.61. The summed E-state index contributed by atoms with van der Waals surface area (Å²) in [6.45, 7) is 0.179. The Labute approximate surface area is 94.4 Å². The fourth-order valence-electron chi connectivity index (χ4n) is 2.24. The van der Waals surface area contributed by atoms with Gasteiger partial charge in [0.2, 0.25) is 0 Å². The molecule has 1 heterocycles. The van der Waals surface area contributed by atoms with Gasteiger partial charge in [0.05, 0.1) is 12.1 Å². The molecule has 15 heavy (non-hydrogen) atoms. The molecule has 1 aliphatic carbocycles. The number of nitrogens with zero attached hydrogens (tertiary/aromatic N) is 2. The van der Waals surface area contributed by atoms with E-state index in [1.807, 2.05) is 19.0 Å². The summed E-state index contributed by atoms with van der Waals surface area (Å²) in [5.74, 6) is 0.241. The summed E-state index contributed by atoms with van der Waals surface area (Å²) in [4.78, 5) is 6.52. The number of hydrogen-bond donors (Lipinski definition) is 2. The monoisotopic (exact) mass is 230 g/mol. The summed E-state index contributed by atoms with van der Waals surface area (Å²) in [6.07, 6.45) is 1.26. The first-order valence-corrected chi connectivity index (χ1v) is 6.20. The second kappa shape index (κ2) is 4.31. The van der Waals surface area contributed by atoms with Gasteiger partial charge in [-0.1, -0.05) is 11.8 Å². The third kappa shape index (κ3) is 2.14. The van der Waals surface area contributed by atoms with Crippen molar-refractivity contribution in [1.82, 2.24) is 4.90 Å². The van der Waals surface area contributed by atoms with Crippen LogP contribution in [0.5, 0.6) is 0 Å². The van der Waals surface area contributed by atoms with E-state index in [2.05, 4.69) is 4.99 Å². The molecular weight excluding hydrogens is 212 g/mol. The van der Waals surface area contributed by atoms with Gasteiger partial charge >= 0.3 is 0 Å². The van der Waals surface area contributed by atoms with Crippen LogP contribution in [0.3, 0.4) is 0 Å². The first-order chi connectivity index (χ1) is 7.11. The van der Waals surface area contributed by atoms with Crippen molar-refractivity contribution < 1.29 is 10.2 Å². The highest BCUT2D eigenvalue weighted by molar-refractivity contribution is 8.14. The molecule has 0 unspecified atom stereocenters. The van der Waals surface area contributed by atoms with Crippen molar-refractivity contribution in [3.63, 3.8) is 0 Å². The van der Waals surface area contributed by atoms with E-state index in [0.717, 1.165) is 11.6 Å². The minimum absolute atomic E-state index is 0.0372. The molecule has 2 rings (SSSR count). The van der Waals surface area contributed by atoms with Gasteiger partial charge in [0, 0.05) is 26.0 Å². The zero-order chi connectivity index (χ0) is 11.0. The first kappa shape index (κ1) is 11.2. The Morgan fingerprint density at radius 2 is 2.20 bits per heavy atom. The molecule has 4 nitrogen and oxygen atoms in total. The molecular formula is C10H18N2O2S. The molecule has 0 aromatic heterocycles. The van der Waals surface area contributed by atoms with E-state index in [1.54, 1.807) is 11.8 Å². The van der Waals surface area contributed by atoms with Gasteiger partial charge in [-0.3, -0.25) is 4.99 Å². The largest absolute Gasteiger partial charge is 0.396 e. The Kier molecular flexibility index (Phi) is 3.23. The smallest absolute Gasteiger partial charge is 0.159 e. The molecule has 4 atom stereocenters. The predicted octanol–water partition coefficient (Wildman–Crippen LogP) is 0.151. The van der Waals surface area contributed by atoms with E-state index >= 15 is 0 Å². The first-order valence-electron chi connectivity index (χ1n) is 5.32. The molecule has 1 saturated carbocycles. The highest BCUT2D eigenvalue weighted by atomic mass is 32.2. The molecule has 0 spiro atoms. The van der Waals surface area contributed by atoms with Crippen LogP contribution in [-0.4, -0.2) is 58.4 Å². The van der Waals surface area contributed by atoms with Gasteiger partial charge in [-0.2, -0.15) is 0 Å². The average molecular weight is 230 g/mol. The number of hydrogen-bond acceptors (Lipinski definition) is 5. The van der Waals surface area contributed by atoms with E-state index in [4.69, 9.17) is 5.11 Å². The third-order valence-corrected chi connectivity index (χ3v) is 4.53. The van der Waals surface area contributed by atoms with Crippen LogP contribution >= 0.6 is 11.8 Å². The molecule has 0 radical (unpaired) electrons. The number of thioether (sulfide) groups is 1. The Hall–Kier alpha value is -0.260. The lowest BCUT2D eigenvalue weighted by molar-refractivity contribution is 0.0646. The van der Waals surface area contributed by atoms with Gasteiger partial charge in [-0.15, -0.1) is 0 Å². The van der Waals surface area contributed by atoms with Crippen molar-refractivity contribution in [3.8, 4) is 0 Å². The number of amidine groups is 1. The van der Waals surface area contributed by atoms with Gasteiger partial charge in [0.15, 0.2) is 5.17 Å². The van der Waals surface area contributed by atoms with Crippen LogP contribution in [0.15, 0.2) is 4.99 Å². The summed E-state index contributed by atoms with van der Waals surface area (Å²) in [5.41, 5.74) is 0. The molecule has 0 aromatic rings. The van der Waals surface area contributed by atoms with Crippen molar-refractivity contribution in [2.24, 2.45) is 10.9 Å². The number of aliphatic hydroxyl groups is 2. The van der Waals surface area contributed by atoms with Crippen LogP contribution in [0, 0.1) is 5.92 Å². The molecule has 1 fully saturated rings. The standard InChI is InChI=1S/C10H18N2O2S/c1-12(2)10-11-9-7(14)3-6(5-13)4-8(9)15-10/h6-9,13-14H,3-5H2,1-2H3/t6-,7+,8+,9-/m1/s1. The van der Waals surface area contributed by atoms with Crippen LogP contribution in [-0.2, 0) is 0 Å². The summed E-state index contributed by atoms with van der Waals surface area (Å²) in [7, 11) is 3.94. The van der Waals surface area contributed by atoms with Gasteiger partial charge in [0.1, 0.15) is 0 Å². The van der Waals surface area contributed by atoms with Crippen LogP contribution in [0.2, 0.25) is 0 Å². The van der Waals surface area contributed by atoms with E-state index in [1.165, 1.54) is 0 Å². The molecule has 0 bridgehead atoms. The maximum atomic E-state index is 9.93. The van der Waals surface area contributed by atoms with E-state index < -0.39 is 0 Å². The molecule has 5 heteroatoms. The lowest BCUT2D eigenvalue weighted by Gasteiger charge is -2.32. The molecule has 0 aromatic carbocycles. The van der Waals surface area contributed by atoms with Gasteiger partial charge in [0.25, 0.3) is 0 Å². The SMILES string of the molecule is CN(C)C1=N[C@H]2[C@H](C[C@H](CO)C[C@@H]2O)S1. The van der Waals surface area contributed by atoms with Crippen molar-refractivity contribution in [2.45, 2.75) is 30.2 Å². The van der Waals surface area contributed by atoms with Gasteiger partial charge in [-0.05, 0) is 18.8 Å². The Morgan fingerprint density at radius 3 is 2.80 bits per heavy atom. The number of fused-ring (bicyclic) bond motifs is 1. The lowest BCUT2D eigenvalue weighted by atomic mass is 9.84. The normalized spacial score (nSPS) is 39.9. The summed E-state index contributed by atoms with van der Waals surface area (Å²) >= 11 is 1.73. The minimum atomic E-state index is -0.383. The number of rotatable bonds is 1. The molecule has 86 valence electrons. The summed E-state index contributed by atoms with van der Waals surface area (Å²) < 4.78 is 0. The molecule has 2 N–H and O–H groups in total. The maximum Gasteiger partial charge on any atom is 0.159 e. The predicted molar refractivity (Wildman–Crippen MR) is 62.1 cm³/mol. The fourth-order valence-corrected chi connectivity index (χ4v) is 3.66. The number of aliphatic hydroxyl groups excluding tert-OH is 2. The van der Waals surface area contributed by atoms with Gasteiger partial charge < -0.3 is 15.1 Å². The summed E-state index contributed by atoms with van der Waals surface area (Å²) in [6, 6.07) is 0.0372. The zero-order valence-corrected chi connectivity index (χ0v) is 9.94. The van der Waals surface area contributed by atoms with E-state index in [9.17, 15) is 5.11 Å². The summed E-state index contributed by atoms with van der Waals surface area (Å²) in [5, 5.41) is 20.4.